The molecule has 3 aromatic rings. The Balaban J connectivity index is 1.80. The van der Waals surface area contributed by atoms with E-state index in [2.05, 4.69) is 0 Å². The smallest absolute Gasteiger partial charge is 0.238 e. The van der Waals surface area contributed by atoms with E-state index in [0.717, 1.165) is 15.3 Å². The molecule has 8 nitrogen and oxygen atoms in total. The molecule has 1 heterocycles. The summed E-state index contributed by atoms with van der Waals surface area (Å²) in [5.74, 6) is 0.815. The Bertz CT molecular complexity index is 1280. The molecule has 0 saturated carbocycles. The van der Waals surface area contributed by atoms with Crippen LogP contribution in [0.1, 0.15) is 20.9 Å². The molecule has 0 spiro atoms. The van der Waals surface area contributed by atoms with Crippen LogP contribution in [0.4, 0.5) is 0 Å². The maximum Gasteiger partial charge on any atom is 0.238 e. The predicted molar refractivity (Wildman–Crippen MR) is 150 cm³/mol. The molecular formula is C28H36N2O6S2. The molecule has 0 aliphatic carbocycles. The third kappa shape index (κ3) is 8.56. The summed E-state index contributed by atoms with van der Waals surface area (Å²) in [6.07, 6.45) is 0.575. The number of hydrogen-bond acceptors (Lipinski definition) is 7. The summed E-state index contributed by atoms with van der Waals surface area (Å²) in [6, 6.07) is 18.7. The van der Waals surface area contributed by atoms with Crippen LogP contribution in [0.15, 0.2) is 60.7 Å². The number of benzene rings is 2. The molecule has 1 aromatic heterocycles. The van der Waals surface area contributed by atoms with E-state index in [-0.39, 0.29) is 31.4 Å². The Morgan fingerprint density at radius 3 is 2.26 bits per heavy atom. The van der Waals surface area contributed by atoms with Crippen LogP contribution in [0.2, 0.25) is 0 Å². The van der Waals surface area contributed by atoms with E-state index < -0.39 is 10.0 Å². The first-order valence-corrected chi connectivity index (χ1v) is 14.7. The SMILES string of the molecule is COCCN(CC(=O)N(CCc1ccc(OC)c(OC)c1)Cc1ccc(C)s1)S(=O)(=O)Cc1ccccc1. The molecule has 38 heavy (non-hydrogen) atoms. The van der Waals surface area contributed by atoms with Gasteiger partial charge in [0.15, 0.2) is 11.5 Å². The van der Waals surface area contributed by atoms with E-state index in [0.29, 0.717) is 36.6 Å². The number of rotatable bonds is 15. The quantitative estimate of drug-likeness (QED) is 0.278. The Labute approximate surface area is 229 Å². The van der Waals surface area contributed by atoms with Crippen molar-refractivity contribution in [1.29, 1.82) is 0 Å². The zero-order valence-corrected chi connectivity index (χ0v) is 24.0. The van der Waals surface area contributed by atoms with E-state index >= 15 is 0 Å². The van der Waals surface area contributed by atoms with Gasteiger partial charge >= 0.3 is 0 Å². The van der Waals surface area contributed by atoms with Gasteiger partial charge in [-0.15, -0.1) is 11.3 Å². The van der Waals surface area contributed by atoms with Crippen molar-refractivity contribution >= 4 is 27.3 Å². The third-order valence-corrected chi connectivity index (χ3v) is 8.84. The molecule has 0 unspecified atom stereocenters. The van der Waals surface area contributed by atoms with Gasteiger partial charge in [-0.25, -0.2) is 8.42 Å². The van der Waals surface area contributed by atoms with Crippen molar-refractivity contribution in [3.63, 3.8) is 0 Å². The first kappa shape index (κ1) is 29.6. The lowest BCUT2D eigenvalue weighted by Crippen LogP contribution is -2.44. The minimum Gasteiger partial charge on any atom is -0.493 e. The van der Waals surface area contributed by atoms with Gasteiger partial charge in [0.25, 0.3) is 0 Å². The number of thiophene rings is 1. The van der Waals surface area contributed by atoms with Crippen LogP contribution < -0.4 is 9.47 Å². The monoisotopic (exact) mass is 560 g/mol. The molecule has 2 aromatic carbocycles. The van der Waals surface area contributed by atoms with E-state index in [1.165, 1.54) is 11.4 Å². The van der Waals surface area contributed by atoms with Crippen molar-refractivity contribution in [3.05, 3.63) is 81.5 Å². The van der Waals surface area contributed by atoms with E-state index in [4.69, 9.17) is 14.2 Å². The van der Waals surface area contributed by atoms with Crippen LogP contribution in [-0.4, -0.2) is 71.1 Å². The Morgan fingerprint density at radius 1 is 0.895 bits per heavy atom. The molecule has 10 heteroatoms. The summed E-state index contributed by atoms with van der Waals surface area (Å²) in [5, 5.41) is 0. The Hall–Kier alpha value is -2.92. The van der Waals surface area contributed by atoms with Gasteiger partial charge in [0.05, 0.1) is 39.7 Å². The molecule has 0 atom stereocenters. The molecule has 0 bridgehead atoms. The molecule has 3 rings (SSSR count). The number of amides is 1. The van der Waals surface area contributed by atoms with Gasteiger partial charge in [0.2, 0.25) is 15.9 Å². The molecular weight excluding hydrogens is 524 g/mol. The minimum absolute atomic E-state index is 0.0963. The van der Waals surface area contributed by atoms with E-state index in [1.54, 1.807) is 54.7 Å². The van der Waals surface area contributed by atoms with Crippen molar-refractivity contribution < 1.29 is 27.4 Å². The standard InChI is InChI=1S/C28H36N2O6S2/c1-22-10-12-25(37-22)19-29(15-14-23-11-13-26(35-3)27(18-23)36-4)28(31)20-30(16-17-34-2)38(32,33)21-24-8-6-5-7-9-24/h5-13,18H,14-17,19-21H2,1-4H3. The largest absolute Gasteiger partial charge is 0.493 e. The predicted octanol–water partition coefficient (Wildman–Crippen LogP) is 4.12. The number of sulfonamides is 1. The van der Waals surface area contributed by atoms with E-state index in [1.807, 2.05) is 43.3 Å². The first-order valence-electron chi connectivity index (χ1n) is 12.3. The second-order valence-electron chi connectivity index (χ2n) is 8.84. The van der Waals surface area contributed by atoms with Crippen molar-refractivity contribution in [2.75, 3.05) is 47.6 Å². The highest BCUT2D eigenvalue weighted by Gasteiger charge is 2.27. The summed E-state index contributed by atoms with van der Waals surface area (Å²) >= 11 is 1.62. The van der Waals surface area contributed by atoms with Gasteiger partial charge in [0, 0.05) is 30.0 Å². The summed E-state index contributed by atoms with van der Waals surface area (Å²) < 4.78 is 43.8. The van der Waals surface area contributed by atoms with Crippen LogP contribution in [0.5, 0.6) is 11.5 Å². The average Bonchev–Trinajstić information content (AvgIpc) is 3.33. The number of hydrogen-bond donors (Lipinski definition) is 0. The molecule has 0 fully saturated rings. The van der Waals surface area contributed by atoms with Gasteiger partial charge in [0.1, 0.15) is 0 Å². The Morgan fingerprint density at radius 2 is 1.63 bits per heavy atom. The number of carbonyl (C=O) groups excluding carboxylic acids is 1. The second kappa shape index (κ2) is 14.3. The van der Waals surface area contributed by atoms with Crippen LogP contribution in [-0.2, 0) is 38.3 Å². The average molecular weight is 561 g/mol. The van der Waals surface area contributed by atoms with Gasteiger partial charge in [-0.05, 0) is 48.7 Å². The van der Waals surface area contributed by atoms with Crippen LogP contribution >= 0.6 is 11.3 Å². The fourth-order valence-electron chi connectivity index (χ4n) is 3.99. The number of nitrogens with zero attached hydrogens (tertiary/aromatic N) is 2. The fourth-order valence-corrected chi connectivity index (χ4v) is 6.35. The summed E-state index contributed by atoms with van der Waals surface area (Å²) in [7, 11) is 0.931. The number of ether oxygens (including phenoxy) is 3. The minimum atomic E-state index is -3.75. The molecule has 0 saturated heterocycles. The maximum atomic E-state index is 13.6. The fraction of sp³-hybridized carbons (Fsp3) is 0.393. The number of aryl methyl sites for hydroxylation is 1. The summed E-state index contributed by atoms with van der Waals surface area (Å²) in [4.78, 5) is 17.5. The van der Waals surface area contributed by atoms with Crippen molar-refractivity contribution in [1.82, 2.24) is 9.21 Å². The molecule has 0 N–H and O–H groups in total. The number of carbonyl (C=O) groups is 1. The summed E-state index contributed by atoms with van der Waals surface area (Å²) in [6.45, 7) is 2.88. The topological polar surface area (TPSA) is 85.4 Å². The van der Waals surface area contributed by atoms with Crippen molar-refractivity contribution in [2.45, 2.75) is 25.6 Å². The zero-order chi connectivity index (χ0) is 27.5. The molecule has 0 radical (unpaired) electrons. The second-order valence-corrected chi connectivity index (χ2v) is 12.2. The van der Waals surface area contributed by atoms with Gasteiger partial charge < -0.3 is 19.1 Å². The third-order valence-electron chi connectivity index (χ3n) is 6.06. The van der Waals surface area contributed by atoms with Crippen LogP contribution in [0.3, 0.4) is 0 Å². The lowest BCUT2D eigenvalue weighted by molar-refractivity contribution is -0.132. The Kier molecular flexibility index (Phi) is 11.1. The molecule has 0 aliphatic heterocycles. The zero-order valence-electron chi connectivity index (χ0n) is 22.4. The van der Waals surface area contributed by atoms with Gasteiger partial charge in [-0.3, -0.25) is 4.79 Å². The first-order chi connectivity index (χ1) is 18.2. The lowest BCUT2D eigenvalue weighted by atomic mass is 10.1. The van der Waals surface area contributed by atoms with Gasteiger partial charge in [-0.2, -0.15) is 4.31 Å². The molecule has 0 aliphatic rings. The van der Waals surface area contributed by atoms with Gasteiger partial charge in [-0.1, -0.05) is 36.4 Å². The lowest BCUT2D eigenvalue weighted by Gasteiger charge is -2.27. The van der Waals surface area contributed by atoms with Crippen LogP contribution in [0.25, 0.3) is 0 Å². The highest BCUT2D eigenvalue weighted by molar-refractivity contribution is 7.88. The number of methoxy groups -OCH3 is 3. The highest BCUT2D eigenvalue weighted by Crippen LogP contribution is 2.28. The van der Waals surface area contributed by atoms with Crippen LogP contribution in [0, 0.1) is 6.92 Å². The van der Waals surface area contributed by atoms with E-state index in [9.17, 15) is 13.2 Å². The normalized spacial score (nSPS) is 11.5. The molecule has 1 amide bonds. The van der Waals surface area contributed by atoms with Crippen molar-refractivity contribution in [3.8, 4) is 11.5 Å². The maximum absolute atomic E-state index is 13.6. The van der Waals surface area contributed by atoms with Crippen molar-refractivity contribution in [2.24, 2.45) is 0 Å². The summed E-state index contributed by atoms with van der Waals surface area (Å²) in [5.41, 5.74) is 1.65. The molecule has 206 valence electrons. The highest BCUT2D eigenvalue weighted by atomic mass is 32.2.